The molecular weight excluding hydrogens is 761 g/mol. The number of furan rings is 1. The summed E-state index contributed by atoms with van der Waals surface area (Å²) in [6.07, 6.45) is 2.99. The second-order valence-electron chi connectivity index (χ2n) is 13.7. The Morgan fingerprint density at radius 1 is 0.893 bits per heavy atom. The monoisotopic (exact) mass is 801 g/mol. The summed E-state index contributed by atoms with van der Waals surface area (Å²) in [5.41, 5.74) is 2.67. The number of methoxy groups -OCH3 is 2. The molecule has 5 heterocycles. The van der Waals surface area contributed by atoms with Gasteiger partial charge in [-0.25, -0.2) is 9.59 Å². The molecule has 2 bridgehead atoms. The molecule has 2 aromatic heterocycles. The van der Waals surface area contributed by atoms with Crippen LogP contribution in [0.2, 0.25) is 10.0 Å². The summed E-state index contributed by atoms with van der Waals surface area (Å²) >= 11 is 12.8. The highest BCUT2D eigenvalue weighted by Crippen LogP contribution is 2.36. The highest BCUT2D eigenvalue weighted by atomic mass is 35.5. The number of fused-ring (bicyclic) bond motifs is 3. The number of alkyl carbamates (subject to hydrolysis) is 1. The van der Waals surface area contributed by atoms with Crippen molar-refractivity contribution < 1.29 is 42.4 Å². The zero-order valence-electron chi connectivity index (χ0n) is 30.8. The van der Waals surface area contributed by atoms with Gasteiger partial charge in [0.05, 0.1) is 20.3 Å². The zero-order valence-corrected chi connectivity index (χ0v) is 32.3. The summed E-state index contributed by atoms with van der Waals surface area (Å²) in [7, 11) is 3.01. The SMILES string of the molecule is COc1ccc([C@@H](Cc2c(Cl)c[n+]([O-])cc2Cl)OC(=O)c2ccc(COc3cccc([C@@H](NC(=O)O[C@H]4CN5CCC4CC5)c4ccccc4)c3)o2)cc1OC. The van der Waals surface area contributed by atoms with E-state index in [2.05, 4.69) is 10.2 Å². The first-order valence-corrected chi connectivity index (χ1v) is 19.0. The summed E-state index contributed by atoms with van der Waals surface area (Å²) in [6.45, 7) is 2.89. The number of amides is 1. The maximum absolute atomic E-state index is 13.5. The molecule has 1 amide bonds. The van der Waals surface area contributed by atoms with Crippen molar-refractivity contribution in [2.24, 2.45) is 5.92 Å². The van der Waals surface area contributed by atoms with Gasteiger partial charge in [0.2, 0.25) is 5.76 Å². The van der Waals surface area contributed by atoms with Crippen LogP contribution in [0.15, 0.2) is 102 Å². The summed E-state index contributed by atoms with van der Waals surface area (Å²) in [4.78, 5) is 29.1. The summed E-state index contributed by atoms with van der Waals surface area (Å²) in [6, 6.07) is 24.9. The average Bonchev–Trinajstić information content (AvgIpc) is 3.70. The minimum absolute atomic E-state index is 0.00527. The maximum Gasteiger partial charge on any atom is 0.408 e. The van der Waals surface area contributed by atoms with Gasteiger partial charge in [0.15, 0.2) is 23.9 Å². The summed E-state index contributed by atoms with van der Waals surface area (Å²) in [5.74, 6) is 1.40. The molecule has 3 aliphatic rings. The smallest absolute Gasteiger partial charge is 0.408 e. The molecule has 3 atom stereocenters. The topological polar surface area (TPSA) is 136 Å². The van der Waals surface area contributed by atoms with E-state index in [1.54, 1.807) is 30.3 Å². The van der Waals surface area contributed by atoms with Crippen molar-refractivity contribution in [3.05, 3.63) is 146 Å². The Morgan fingerprint density at radius 3 is 2.32 bits per heavy atom. The number of hydrogen-bond donors (Lipinski definition) is 1. The zero-order chi connectivity index (χ0) is 39.2. The van der Waals surface area contributed by atoms with Gasteiger partial charge in [0, 0.05) is 18.5 Å². The number of rotatable bonds is 14. The fourth-order valence-electron chi connectivity index (χ4n) is 7.22. The lowest BCUT2D eigenvalue weighted by atomic mass is 9.86. The molecule has 14 heteroatoms. The molecule has 0 radical (unpaired) electrons. The van der Waals surface area contributed by atoms with Crippen LogP contribution in [0.1, 0.15) is 63.6 Å². The van der Waals surface area contributed by atoms with Gasteiger partial charge in [-0.2, -0.15) is 4.73 Å². The predicted octanol–water partition coefficient (Wildman–Crippen LogP) is 7.87. The first kappa shape index (κ1) is 38.8. The van der Waals surface area contributed by atoms with Crippen molar-refractivity contribution in [2.75, 3.05) is 33.9 Å². The van der Waals surface area contributed by atoms with Gasteiger partial charge in [-0.3, -0.25) is 4.90 Å². The van der Waals surface area contributed by atoms with Crippen molar-refractivity contribution in [3.8, 4) is 17.2 Å². The number of carbonyl (C=O) groups excluding carboxylic acids is 2. The number of nitrogens with one attached hydrogen (secondary N) is 1. The van der Waals surface area contributed by atoms with Crippen LogP contribution in [0.4, 0.5) is 4.79 Å². The highest BCUT2D eigenvalue weighted by molar-refractivity contribution is 6.35. The van der Waals surface area contributed by atoms with Crippen molar-refractivity contribution in [3.63, 3.8) is 0 Å². The first-order valence-electron chi connectivity index (χ1n) is 18.2. The van der Waals surface area contributed by atoms with E-state index in [-0.39, 0.29) is 34.9 Å². The Morgan fingerprint density at radius 2 is 1.62 bits per heavy atom. The van der Waals surface area contributed by atoms with Gasteiger partial charge in [0.25, 0.3) is 0 Å². The maximum atomic E-state index is 13.5. The number of benzene rings is 3. The van der Waals surface area contributed by atoms with E-state index < -0.39 is 24.2 Å². The molecule has 0 unspecified atom stereocenters. The van der Waals surface area contributed by atoms with Crippen LogP contribution in [-0.2, 0) is 22.5 Å². The van der Waals surface area contributed by atoms with Gasteiger partial charge in [0.1, 0.15) is 40.4 Å². The third-order valence-corrected chi connectivity index (χ3v) is 10.8. The van der Waals surface area contributed by atoms with Crippen LogP contribution in [-0.4, -0.2) is 56.9 Å². The average molecular weight is 803 g/mol. The van der Waals surface area contributed by atoms with Crippen LogP contribution in [0.25, 0.3) is 0 Å². The number of ether oxygens (including phenoxy) is 5. The molecule has 3 aliphatic heterocycles. The normalized spacial score (nSPS) is 18.4. The Balaban J connectivity index is 1.04. The number of carbonyl (C=O) groups is 2. The van der Waals surface area contributed by atoms with E-state index in [0.717, 1.165) is 43.6 Å². The van der Waals surface area contributed by atoms with Gasteiger partial charge in [-0.05, 0) is 84.9 Å². The standard InChI is InChI=1S/C42H41Cl2N3O9/c1-51-35-13-11-28(20-38(35)52-2)37(21-32-33(43)22-47(50)23-34(32)44)55-41(48)36-14-12-31(54-36)25-53-30-10-6-9-29(19-30)40(27-7-4-3-5-8-27)45-42(49)56-39-24-46-17-15-26(39)16-18-46/h3-14,19-20,22-23,26,37,39-40H,15-18,21,24-25H2,1-2H3,(H,45,49)/t37-,39+,40+/m1/s1. The molecule has 56 heavy (non-hydrogen) atoms. The lowest BCUT2D eigenvalue weighted by Gasteiger charge is -2.43. The van der Waals surface area contributed by atoms with Crippen LogP contribution >= 0.6 is 23.2 Å². The lowest BCUT2D eigenvalue weighted by molar-refractivity contribution is -0.605. The summed E-state index contributed by atoms with van der Waals surface area (Å²) in [5, 5.41) is 15.2. The third-order valence-electron chi connectivity index (χ3n) is 10.2. The van der Waals surface area contributed by atoms with E-state index in [9.17, 15) is 14.8 Å². The van der Waals surface area contributed by atoms with Crippen LogP contribution < -0.4 is 24.3 Å². The number of halogens is 2. The number of hydrogen-bond acceptors (Lipinski definition) is 10. The van der Waals surface area contributed by atoms with Crippen LogP contribution in [0.5, 0.6) is 17.2 Å². The largest absolute Gasteiger partial charge is 0.619 e. The van der Waals surface area contributed by atoms with Crippen LogP contribution in [0, 0.1) is 11.1 Å². The molecular formula is C42H41Cl2N3O9. The molecule has 0 saturated carbocycles. The molecule has 0 spiro atoms. The second kappa shape index (κ2) is 17.6. The third kappa shape index (κ3) is 9.15. The van der Waals surface area contributed by atoms with Crippen LogP contribution in [0.3, 0.4) is 0 Å². The Labute approximate surface area is 334 Å². The van der Waals surface area contributed by atoms with Crippen molar-refractivity contribution >= 4 is 35.3 Å². The number of pyridine rings is 1. The molecule has 1 N–H and O–H groups in total. The number of aromatic nitrogens is 1. The fourth-order valence-corrected chi connectivity index (χ4v) is 7.82. The number of piperidine rings is 3. The molecule has 12 nitrogen and oxygen atoms in total. The summed E-state index contributed by atoms with van der Waals surface area (Å²) < 4.78 is 35.3. The van der Waals surface area contributed by atoms with Crippen molar-refractivity contribution in [2.45, 2.75) is 44.1 Å². The minimum Gasteiger partial charge on any atom is -0.619 e. The Hall–Kier alpha value is -5.43. The fraction of sp³-hybridized carbons (Fsp3) is 0.310. The number of esters is 1. The first-order chi connectivity index (χ1) is 27.2. The predicted molar refractivity (Wildman–Crippen MR) is 207 cm³/mol. The Bertz CT molecular complexity index is 2130. The quantitative estimate of drug-likeness (QED) is 0.0672. The van der Waals surface area contributed by atoms with E-state index >= 15 is 0 Å². The van der Waals surface area contributed by atoms with Crippen molar-refractivity contribution in [1.29, 1.82) is 0 Å². The molecule has 0 aliphatic carbocycles. The molecule has 3 saturated heterocycles. The molecule has 8 rings (SSSR count). The van der Waals surface area contributed by atoms with Gasteiger partial charge >= 0.3 is 12.1 Å². The van der Waals surface area contributed by atoms with Crippen molar-refractivity contribution in [1.82, 2.24) is 10.2 Å². The minimum atomic E-state index is -0.911. The molecule has 292 valence electrons. The van der Waals surface area contributed by atoms with Gasteiger partial charge in [-0.1, -0.05) is 71.7 Å². The highest BCUT2D eigenvalue weighted by Gasteiger charge is 2.37. The Kier molecular flexibility index (Phi) is 12.2. The van der Waals surface area contributed by atoms with E-state index in [1.165, 1.54) is 32.7 Å². The molecule has 3 fully saturated rings. The van der Waals surface area contributed by atoms with E-state index in [4.69, 9.17) is 51.3 Å². The molecule has 3 aromatic carbocycles. The van der Waals surface area contributed by atoms with E-state index in [0.29, 0.717) is 44.8 Å². The number of nitrogens with zero attached hydrogens (tertiary/aromatic N) is 2. The van der Waals surface area contributed by atoms with E-state index in [1.807, 2.05) is 48.5 Å². The lowest BCUT2D eigenvalue weighted by Crippen LogP contribution is -2.52. The van der Waals surface area contributed by atoms with Gasteiger partial charge < -0.3 is 38.6 Å². The second-order valence-corrected chi connectivity index (χ2v) is 14.5. The molecule has 5 aromatic rings. The van der Waals surface area contributed by atoms with Gasteiger partial charge in [-0.15, -0.1) is 0 Å².